The minimum Gasteiger partial charge on any atom is -0.369 e. The smallest absolute Gasteiger partial charge is 0.325 e. The molecule has 2 aromatic heterocycles. The van der Waals surface area contributed by atoms with Gasteiger partial charge in [-0.1, -0.05) is 0 Å². The number of nitrogen functional groups attached to an aromatic ring is 1. The summed E-state index contributed by atoms with van der Waals surface area (Å²) < 4.78 is 23.2. The number of ether oxygens (including phenoxy) is 2. The van der Waals surface area contributed by atoms with Gasteiger partial charge in [0.25, 0.3) is 5.56 Å². The van der Waals surface area contributed by atoms with Crippen LogP contribution in [0.4, 0.5) is 5.95 Å². The minimum atomic E-state index is -4.10. The Morgan fingerprint density at radius 3 is 3.05 bits per heavy atom. The summed E-state index contributed by atoms with van der Waals surface area (Å²) in [6.45, 7) is 0.145. The molecule has 0 unspecified atom stereocenters. The maximum atomic E-state index is 11.7. The summed E-state index contributed by atoms with van der Waals surface area (Å²) in [4.78, 5) is 39.7. The van der Waals surface area contributed by atoms with E-state index in [1.807, 2.05) is 0 Å². The number of nitrogens with two attached hydrogens (primary N) is 1. The van der Waals surface area contributed by atoms with E-state index in [0.29, 0.717) is 0 Å². The molecule has 22 heavy (non-hydrogen) atoms. The molecule has 5 N–H and O–H groups in total. The number of hydrogen-bond acceptors (Lipinski definition) is 7. The van der Waals surface area contributed by atoms with Crippen molar-refractivity contribution in [2.24, 2.45) is 0 Å². The Labute approximate surface area is 123 Å². The maximum absolute atomic E-state index is 11.7. The third-order valence-electron chi connectivity index (χ3n) is 3.15. The summed E-state index contributed by atoms with van der Waals surface area (Å²) in [5.74, 6) is -0.0452. The van der Waals surface area contributed by atoms with Crippen molar-refractivity contribution >= 4 is 24.7 Å². The summed E-state index contributed by atoms with van der Waals surface area (Å²) >= 11 is 0. The van der Waals surface area contributed by atoms with Gasteiger partial charge in [0.05, 0.1) is 19.1 Å². The first-order chi connectivity index (χ1) is 10.3. The van der Waals surface area contributed by atoms with Gasteiger partial charge in [-0.2, -0.15) is 4.98 Å². The fourth-order valence-electron chi connectivity index (χ4n) is 2.17. The van der Waals surface area contributed by atoms with Crippen molar-refractivity contribution < 1.29 is 23.8 Å². The molecule has 0 radical (unpaired) electrons. The summed E-state index contributed by atoms with van der Waals surface area (Å²) in [5.41, 5.74) is 5.42. The lowest BCUT2D eigenvalue weighted by Gasteiger charge is -2.13. The van der Waals surface area contributed by atoms with Crippen LogP contribution in [0.5, 0.6) is 0 Å². The maximum Gasteiger partial charge on any atom is 0.325 e. The van der Waals surface area contributed by atoms with Crippen LogP contribution < -0.4 is 11.3 Å². The largest absolute Gasteiger partial charge is 0.369 e. The van der Waals surface area contributed by atoms with Crippen LogP contribution >= 0.6 is 7.60 Å². The Balaban J connectivity index is 1.79. The minimum absolute atomic E-state index is 0.0452. The number of anilines is 1. The normalized spacial score (nSPS) is 22.5. The van der Waals surface area contributed by atoms with Gasteiger partial charge in [-0.05, 0) is 0 Å². The molecule has 1 aliphatic heterocycles. The highest BCUT2D eigenvalue weighted by molar-refractivity contribution is 7.51. The zero-order chi connectivity index (χ0) is 15.9. The summed E-state index contributed by atoms with van der Waals surface area (Å²) in [6.07, 6.45) is -0.232. The molecule has 3 rings (SSSR count). The molecule has 0 aliphatic carbocycles. The Bertz CT molecular complexity index is 797. The standard InChI is InChI=1S/C10H14N5O6P/c11-10-13-8-7(9(16)14-10)12-4-15(8)5-3-20-6(21-5)1-2-22(17,18)19/h4-6H,1-3H2,(H2,17,18,19)(H3,11,13,14,16)/t5-,6-/m1/s1. The Kier molecular flexibility index (Phi) is 3.75. The van der Waals surface area contributed by atoms with Crippen LogP contribution in [0, 0.1) is 0 Å². The number of imidazole rings is 1. The molecule has 3 heterocycles. The molecule has 2 atom stereocenters. The van der Waals surface area contributed by atoms with Crippen molar-refractivity contribution in [1.29, 1.82) is 0 Å². The lowest BCUT2D eigenvalue weighted by Crippen LogP contribution is -2.16. The molecule has 11 nitrogen and oxygen atoms in total. The van der Waals surface area contributed by atoms with E-state index >= 15 is 0 Å². The zero-order valence-corrected chi connectivity index (χ0v) is 12.1. The van der Waals surface area contributed by atoms with Gasteiger partial charge in [0.1, 0.15) is 0 Å². The van der Waals surface area contributed by atoms with Crippen LogP contribution in [0.2, 0.25) is 0 Å². The number of aromatic nitrogens is 4. The summed E-state index contributed by atoms with van der Waals surface area (Å²) in [6, 6.07) is 0. The Morgan fingerprint density at radius 1 is 1.55 bits per heavy atom. The van der Waals surface area contributed by atoms with E-state index in [1.165, 1.54) is 10.9 Å². The van der Waals surface area contributed by atoms with E-state index in [9.17, 15) is 9.36 Å². The first kappa shape index (κ1) is 15.1. The number of nitrogens with zero attached hydrogens (tertiary/aromatic N) is 3. The highest BCUT2D eigenvalue weighted by atomic mass is 31.2. The number of nitrogens with one attached hydrogen (secondary N) is 1. The van der Waals surface area contributed by atoms with Gasteiger partial charge in [0, 0.05) is 6.42 Å². The molecule has 120 valence electrons. The average Bonchev–Trinajstić information content (AvgIpc) is 3.01. The number of hydrogen-bond donors (Lipinski definition) is 4. The summed E-state index contributed by atoms with van der Waals surface area (Å²) in [5, 5.41) is 0. The Hall–Kier alpha value is -1.78. The molecule has 1 aliphatic rings. The fraction of sp³-hybridized carbons (Fsp3) is 0.500. The van der Waals surface area contributed by atoms with E-state index < -0.39 is 25.7 Å². The summed E-state index contributed by atoms with van der Waals surface area (Å²) in [7, 11) is -4.10. The molecule has 2 aromatic rings. The highest BCUT2D eigenvalue weighted by Gasteiger charge is 2.30. The topological polar surface area (TPSA) is 166 Å². The Morgan fingerprint density at radius 2 is 2.32 bits per heavy atom. The van der Waals surface area contributed by atoms with E-state index in [0.717, 1.165) is 0 Å². The van der Waals surface area contributed by atoms with Gasteiger partial charge in [-0.3, -0.25) is 18.9 Å². The van der Waals surface area contributed by atoms with Crippen LogP contribution in [0.1, 0.15) is 12.6 Å². The fourth-order valence-corrected chi connectivity index (χ4v) is 2.72. The van der Waals surface area contributed by atoms with Crippen molar-refractivity contribution in [3.8, 4) is 0 Å². The van der Waals surface area contributed by atoms with Gasteiger partial charge < -0.3 is 25.0 Å². The van der Waals surface area contributed by atoms with E-state index in [1.54, 1.807) is 0 Å². The number of rotatable bonds is 4. The van der Waals surface area contributed by atoms with Crippen LogP contribution in [0.15, 0.2) is 11.1 Å². The van der Waals surface area contributed by atoms with E-state index in [-0.39, 0.29) is 36.3 Å². The molecule has 0 saturated carbocycles. The average molecular weight is 331 g/mol. The lowest BCUT2D eigenvalue weighted by molar-refractivity contribution is -0.0715. The molecule has 0 bridgehead atoms. The molecular formula is C10H14N5O6P. The van der Waals surface area contributed by atoms with Crippen LogP contribution in [-0.2, 0) is 14.0 Å². The van der Waals surface area contributed by atoms with E-state index in [2.05, 4.69) is 15.0 Å². The first-order valence-electron chi connectivity index (χ1n) is 6.37. The molecule has 1 saturated heterocycles. The quantitative estimate of drug-likeness (QED) is 0.521. The van der Waals surface area contributed by atoms with Gasteiger partial charge in [0.15, 0.2) is 23.7 Å². The second-order valence-electron chi connectivity index (χ2n) is 4.81. The number of H-pyrrole nitrogens is 1. The van der Waals surface area contributed by atoms with Gasteiger partial charge in [-0.25, -0.2) is 4.98 Å². The number of aromatic amines is 1. The van der Waals surface area contributed by atoms with Gasteiger partial charge in [0.2, 0.25) is 5.95 Å². The van der Waals surface area contributed by atoms with Gasteiger partial charge in [-0.15, -0.1) is 0 Å². The number of fused-ring (bicyclic) bond motifs is 1. The van der Waals surface area contributed by atoms with Crippen LogP contribution in [0.25, 0.3) is 11.2 Å². The SMILES string of the molecule is Nc1nc2c(ncn2[C@H]2CO[C@@H](CCP(=O)(O)O)O2)c(=O)[nH]1. The van der Waals surface area contributed by atoms with Gasteiger partial charge >= 0.3 is 7.60 Å². The predicted octanol–water partition coefficient (Wildman–Crippen LogP) is -0.859. The second kappa shape index (κ2) is 5.45. The molecule has 12 heteroatoms. The third kappa shape index (κ3) is 3.03. The predicted molar refractivity (Wildman–Crippen MR) is 74.0 cm³/mol. The van der Waals surface area contributed by atoms with E-state index in [4.69, 9.17) is 25.0 Å². The van der Waals surface area contributed by atoms with Crippen molar-refractivity contribution in [2.75, 3.05) is 18.5 Å². The lowest BCUT2D eigenvalue weighted by atomic mass is 10.5. The second-order valence-corrected chi connectivity index (χ2v) is 6.58. The van der Waals surface area contributed by atoms with Crippen LogP contribution in [-0.4, -0.2) is 48.4 Å². The molecule has 1 fully saturated rings. The third-order valence-corrected chi connectivity index (χ3v) is 3.99. The van der Waals surface area contributed by atoms with Crippen LogP contribution in [0.3, 0.4) is 0 Å². The molecule has 0 aromatic carbocycles. The monoisotopic (exact) mass is 331 g/mol. The zero-order valence-electron chi connectivity index (χ0n) is 11.2. The highest BCUT2D eigenvalue weighted by Crippen LogP contribution is 2.37. The van der Waals surface area contributed by atoms with Crippen molar-refractivity contribution in [2.45, 2.75) is 18.9 Å². The van der Waals surface area contributed by atoms with Crippen molar-refractivity contribution in [1.82, 2.24) is 19.5 Å². The molecule has 0 amide bonds. The van der Waals surface area contributed by atoms with Crippen molar-refractivity contribution in [3.05, 3.63) is 16.7 Å². The molecule has 0 spiro atoms. The first-order valence-corrected chi connectivity index (χ1v) is 8.17. The molecular weight excluding hydrogens is 317 g/mol. The van der Waals surface area contributed by atoms with Crippen molar-refractivity contribution in [3.63, 3.8) is 0 Å².